The molecule has 1 aromatic heterocycles. The second-order valence-electron chi connectivity index (χ2n) is 3.13. The maximum absolute atomic E-state index is 10.7. The number of carboxylic acid groups (broad SMARTS) is 1. The number of aromatic carboxylic acids is 1. The van der Waals surface area contributed by atoms with Gasteiger partial charge in [0.1, 0.15) is 11.4 Å². The molecule has 0 aromatic carbocycles. The van der Waals surface area contributed by atoms with Crippen LogP contribution in [0.1, 0.15) is 24.2 Å². The van der Waals surface area contributed by atoms with E-state index >= 15 is 0 Å². The fraction of sp³-hybridized carbons (Fsp3) is 0.500. The van der Waals surface area contributed by atoms with Gasteiger partial charge < -0.3 is 10.4 Å². The van der Waals surface area contributed by atoms with Gasteiger partial charge in [0, 0.05) is 13.1 Å². The van der Waals surface area contributed by atoms with E-state index in [4.69, 9.17) is 5.11 Å². The van der Waals surface area contributed by atoms with Gasteiger partial charge in [0.25, 0.3) is 0 Å². The Morgan fingerprint density at radius 3 is 2.77 bits per heavy atom. The highest BCUT2D eigenvalue weighted by Gasteiger charge is 2.14. The van der Waals surface area contributed by atoms with Crippen molar-refractivity contribution in [3.63, 3.8) is 0 Å². The summed E-state index contributed by atoms with van der Waals surface area (Å²) >= 11 is 0. The van der Waals surface area contributed by atoms with Gasteiger partial charge in [-0.25, -0.2) is 4.79 Å². The molecule has 0 aliphatic carbocycles. The van der Waals surface area contributed by atoms with Crippen LogP contribution in [0.3, 0.4) is 0 Å². The molecule has 1 aromatic rings. The van der Waals surface area contributed by atoms with Crippen LogP contribution < -0.4 is 5.32 Å². The van der Waals surface area contributed by atoms with Gasteiger partial charge in [0.2, 0.25) is 0 Å². The number of aromatic nitrogens is 2. The molecule has 0 radical (unpaired) electrons. The zero-order chi connectivity index (χ0) is 10.0. The third-order valence-corrected chi connectivity index (χ3v) is 1.59. The van der Waals surface area contributed by atoms with Gasteiger partial charge in [-0.15, -0.1) is 0 Å². The average molecular weight is 183 g/mol. The van der Waals surface area contributed by atoms with E-state index in [1.807, 2.05) is 13.8 Å². The van der Waals surface area contributed by atoms with Gasteiger partial charge in [0.15, 0.2) is 0 Å². The number of carbonyl (C=O) groups is 1. The van der Waals surface area contributed by atoms with Crippen molar-refractivity contribution in [1.82, 2.24) is 9.78 Å². The smallest absolute Gasteiger partial charge is 0.341 e. The number of aryl methyl sites for hydroxylation is 1. The molecule has 5 heteroatoms. The summed E-state index contributed by atoms with van der Waals surface area (Å²) in [5.74, 6) is -0.418. The summed E-state index contributed by atoms with van der Waals surface area (Å²) in [6.45, 7) is 3.89. The Hall–Kier alpha value is -1.52. The highest BCUT2D eigenvalue weighted by atomic mass is 16.4. The summed E-state index contributed by atoms with van der Waals surface area (Å²) in [7, 11) is 1.71. The fourth-order valence-electron chi connectivity index (χ4n) is 1.04. The van der Waals surface area contributed by atoms with E-state index in [-0.39, 0.29) is 11.6 Å². The van der Waals surface area contributed by atoms with E-state index in [1.165, 1.54) is 10.9 Å². The Kier molecular flexibility index (Phi) is 2.55. The largest absolute Gasteiger partial charge is 0.477 e. The van der Waals surface area contributed by atoms with Crippen LogP contribution in [-0.2, 0) is 7.05 Å². The van der Waals surface area contributed by atoms with Crippen molar-refractivity contribution in [3.8, 4) is 0 Å². The summed E-state index contributed by atoms with van der Waals surface area (Å²) in [4.78, 5) is 10.7. The molecule has 1 rings (SSSR count). The standard InChI is InChI=1S/C8H13N3O2/c1-5(2)10-7-6(8(12)13)4-9-11(7)3/h4-5,10H,1-3H3,(H,12,13). The second-order valence-corrected chi connectivity index (χ2v) is 3.13. The predicted molar refractivity (Wildman–Crippen MR) is 48.9 cm³/mol. The van der Waals surface area contributed by atoms with Crippen LogP contribution >= 0.6 is 0 Å². The minimum atomic E-state index is -0.962. The first-order chi connectivity index (χ1) is 6.02. The molecule has 5 nitrogen and oxygen atoms in total. The summed E-state index contributed by atoms with van der Waals surface area (Å²) in [5.41, 5.74) is 0.205. The zero-order valence-corrected chi connectivity index (χ0v) is 7.90. The van der Waals surface area contributed by atoms with Gasteiger partial charge in [-0.05, 0) is 13.8 Å². The maximum atomic E-state index is 10.7. The zero-order valence-electron chi connectivity index (χ0n) is 7.90. The van der Waals surface area contributed by atoms with E-state index in [2.05, 4.69) is 10.4 Å². The molecule has 0 saturated carbocycles. The molecule has 0 spiro atoms. The molecule has 0 aliphatic rings. The van der Waals surface area contributed by atoms with Crippen molar-refractivity contribution in [2.24, 2.45) is 7.05 Å². The lowest BCUT2D eigenvalue weighted by Gasteiger charge is -2.10. The first-order valence-electron chi connectivity index (χ1n) is 4.04. The SMILES string of the molecule is CC(C)Nc1c(C(=O)O)cnn1C. The summed E-state index contributed by atoms with van der Waals surface area (Å²) in [5, 5.41) is 15.7. The van der Waals surface area contributed by atoms with Crippen molar-refractivity contribution >= 4 is 11.8 Å². The Morgan fingerprint density at radius 2 is 2.31 bits per heavy atom. The molecule has 0 atom stereocenters. The highest BCUT2D eigenvalue weighted by molar-refractivity contribution is 5.93. The van der Waals surface area contributed by atoms with E-state index in [0.29, 0.717) is 5.82 Å². The van der Waals surface area contributed by atoms with Gasteiger partial charge in [-0.2, -0.15) is 5.10 Å². The third-order valence-electron chi connectivity index (χ3n) is 1.59. The number of anilines is 1. The molecule has 0 fully saturated rings. The molecule has 2 N–H and O–H groups in total. The summed E-state index contributed by atoms with van der Waals surface area (Å²) in [6.07, 6.45) is 1.34. The molecule has 0 saturated heterocycles. The Balaban J connectivity index is 3.01. The van der Waals surface area contributed by atoms with E-state index in [0.717, 1.165) is 0 Å². The quantitative estimate of drug-likeness (QED) is 0.731. The first kappa shape index (κ1) is 9.57. The lowest BCUT2D eigenvalue weighted by molar-refractivity contribution is 0.0698. The number of nitrogens with zero attached hydrogens (tertiary/aromatic N) is 2. The molecule has 13 heavy (non-hydrogen) atoms. The van der Waals surface area contributed by atoms with E-state index in [1.54, 1.807) is 7.05 Å². The molecular weight excluding hydrogens is 170 g/mol. The van der Waals surface area contributed by atoms with Crippen LogP contribution in [0.15, 0.2) is 6.20 Å². The van der Waals surface area contributed by atoms with Crippen LogP contribution in [0.25, 0.3) is 0 Å². The van der Waals surface area contributed by atoms with Gasteiger partial charge in [0.05, 0.1) is 6.20 Å². The van der Waals surface area contributed by atoms with Crippen molar-refractivity contribution in [3.05, 3.63) is 11.8 Å². The van der Waals surface area contributed by atoms with Crippen molar-refractivity contribution < 1.29 is 9.90 Å². The summed E-state index contributed by atoms with van der Waals surface area (Å²) in [6, 6.07) is 0.188. The fourth-order valence-corrected chi connectivity index (χ4v) is 1.04. The first-order valence-corrected chi connectivity index (χ1v) is 4.04. The number of rotatable bonds is 3. The van der Waals surface area contributed by atoms with E-state index in [9.17, 15) is 4.79 Å². The minimum absolute atomic E-state index is 0.188. The minimum Gasteiger partial charge on any atom is -0.477 e. The van der Waals surface area contributed by atoms with Crippen LogP contribution in [0.4, 0.5) is 5.82 Å². The molecule has 0 unspecified atom stereocenters. The number of carboxylic acids is 1. The van der Waals surface area contributed by atoms with Gasteiger partial charge in [-0.1, -0.05) is 0 Å². The van der Waals surface area contributed by atoms with E-state index < -0.39 is 5.97 Å². The second kappa shape index (κ2) is 3.47. The molecular formula is C8H13N3O2. The number of nitrogens with one attached hydrogen (secondary N) is 1. The van der Waals surface area contributed by atoms with Gasteiger partial charge >= 0.3 is 5.97 Å². The molecule has 72 valence electrons. The number of hydrogen-bond acceptors (Lipinski definition) is 3. The van der Waals surface area contributed by atoms with Crippen molar-refractivity contribution in [2.45, 2.75) is 19.9 Å². The topological polar surface area (TPSA) is 67.2 Å². The predicted octanol–water partition coefficient (Wildman–Crippen LogP) is 0.939. The van der Waals surface area contributed by atoms with Crippen molar-refractivity contribution in [1.29, 1.82) is 0 Å². The molecule has 0 aliphatic heterocycles. The molecule has 0 bridgehead atoms. The van der Waals surface area contributed by atoms with Gasteiger partial charge in [-0.3, -0.25) is 4.68 Å². The Morgan fingerprint density at radius 1 is 1.69 bits per heavy atom. The van der Waals surface area contributed by atoms with Crippen molar-refractivity contribution in [2.75, 3.05) is 5.32 Å². The maximum Gasteiger partial charge on any atom is 0.341 e. The Labute approximate surface area is 76.4 Å². The number of hydrogen-bond donors (Lipinski definition) is 2. The van der Waals surface area contributed by atoms with Crippen LogP contribution in [0, 0.1) is 0 Å². The monoisotopic (exact) mass is 183 g/mol. The third kappa shape index (κ3) is 1.99. The van der Waals surface area contributed by atoms with Crippen LogP contribution in [-0.4, -0.2) is 26.9 Å². The lowest BCUT2D eigenvalue weighted by atomic mass is 10.3. The molecule has 1 heterocycles. The highest BCUT2D eigenvalue weighted by Crippen LogP contribution is 2.14. The Bertz CT molecular complexity index is 317. The van der Waals surface area contributed by atoms with Crippen LogP contribution in [0.5, 0.6) is 0 Å². The normalized spacial score (nSPS) is 10.5. The molecule has 0 amide bonds. The average Bonchev–Trinajstić information content (AvgIpc) is 2.32. The van der Waals surface area contributed by atoms with Crippen LogP contribution in [0.2, 0.25) is 0 Å². The lowest BCUT2D eigenvalue weighted by Crippen LogP contribution is -2.15. The summed E-state index contributed by atoms with van der Waals surface area (Å²) < 4.78 is 1.52.